The van der Waals surface area contributed by atoms with Gasteiger partial charge in [-0.1, -0.05) is 13.8 Å². The summed E-state index contributed by atoms with van der Waals surface area (Å²) >= 11 is 5.90. The number of nitrogens with one attached hydrogen (secondary N) is 1. The van der Waals surface area contributed by atoms with Gasteiger partial charge in [0.05, 0.1) is 0 Å². The van der Waals surface area contributed by atoms with E-state index in [4.69, 9.17) is 11.6 Å². The first-order valence-electron chi connectivity index (χ1n) is 5.24. The van der Waals surface area contributed by atoms with Crippen LogP contribution < -0.4 is 5.32 Å². The van der Waals surface area contributed by atoms with Gasteiger partial charge in [0, 0.05) is 18.1 Å². The first-order valence-corrected chi connectivity index (χ1v) is 5.77. The van der Waals surface area contributed by atoms with Crippen LogP contribution in [0.15, 0.2) is 12.3 Å². The summed E-state index contributed by atoms with van der Waals surface area (Å²) in [6, 6.07) is 2.15. The molecule has 0 spiro atoms. The summed E-state index contributed by atoms with van der Waals surface area (Å²) in [5, 5.41) is 3.32. The van der Waals surface area contributed by atoms with Crippen molar-refractivity contribution in [3.8, 4) is 0 Å². The number of aromatic nitrogens is 2. The van der Waals surface area contributed by atoms with Crippen LogP contribution in [0.5, 0.6) is 0 Å². The molecule has 3 nitrogen and oxygen atoms in total. The van der Waals surface area contributed by atoms with Crippen molar-refractivity contribution in [1.82, 2.24) is 9.97 Å². The Morgan fingerprint density at radius 2 is 2.20 bits per heavy atom. The van der Waals surface area contributed by atoms with Gasteiger partial charge in [0.1, 0.15) is 11.6 Å². The minimum Gasteiger partial charge on any atom is -0.366 e. The van der Waals surface area contributed by atoms with E-state index in [-0.39, 0.29) is 6.04 Å². The minimum absolute atomic E-state index is 0.279. The zero-order valence-corrected chi connectivity index (χ0v) is 10.3. The van der Waals surface area contributed by atoms with Crippen LogP contribution in [0.1, 0.15) is 26.1 Å². The maximum Gasteiger partial charge on any atom is 0.129 e. The van der Waals surface area contributed by atoms with Gasteiger partial charge in [0.15, 0.2) is 0 Å². The highest BCUT2D eigenvalue weighted by Crippen LogP contribution is 2.11. The first-order chi connectivity index (χ1) is 7.11. The van der Waals surface area contributed by atoms with Crippen LogP contribution in [-0.4, -0.2) is 21.9 Å². The Bertz CT molecular complexity index is 302. The second-order valence-electron chi connectivity index (χ2n) is 4.11. The standard InChI is InChI=1S/C11H18ClN3/c1-8(2)6-10(7-12)15-11-4-5-13-9(3)14-11/h4-5,8,10H,6-7H2,1-3H3,(H,13,14,15). The van der Waals surface area contributed by atoms with E-state index in [1.54, 1.807) is 6.20 Å². The molecule has 1 aromatic heterocycles. The van der Waals surface area contributed by atoms with Gasteiger partial charge in [-0.2, -0.15) is 0 Å². The summed E-state index contributed by atoms with van der Waals surface area (Å²) in [4.78, 5) is 8.34. The van der Waals surface area contributed by atoms with E-state index in [0.29, 0.717) is 11.8 Å². The third-order valence-electron chi connectivity index (χ3n) is 2.07. The molecule has 84 valence electrons. The van der Waals surface area contributed by atoms with Gasteiger partial charge in [0.25, 0.3) is 0 Å². The lowest BCUT2D eigenvalue weighted by Gasteiger charge is -2.18. The van der Waals surface area contributed by atoms with Crippen molar-refractivity contribution in [2.24, 2.45) is 5.92 Å². The van der Waals surface area contributed by atoms with E-state index in [9.17, 15) is 0 Å². The zero-order valence-electron chi connectivity index (χ0n) is 9.50. The Hall–Kier alpha value is -0.830. The van der Waals surface area contributed by atoms with Crippen LogP contribution >= 0.6 is 11.6 Å². The van der Waals surface area contributed by atoms with E-state index in [1.807, 2.05) is 13.0 Å². The number of hydrogen-bond acceptors (Lipinski definition) is 3. The molecular weight excluding hydrogens is 210 g/mol. The Morgan fingerprint density at radius 1 is 1.47 bits per heavy atom. The minimum atomic E-state index is 0.279. The molecule has 0 radical (unpaired) electrons. The highest BCUT2D eigenvalue weighted by atomic mass is 35.5. The van der Waals surface area contributed by atoms with Crippen LogP contribution in [0.3, 0.4) is 0 Å². The molecule has 0 saturated carbocycles. The lowest BCUT2D eigenvalue weighted by Crippen LogP contribution is -2.24. The highest BCUT2D eigenvalue weighted by Gasteiger charge is 2.09. The molecule has 1 unspecified atom stereocenters. The number of nitrogens with zero attached hydrogens (tertiary/aromatic N) is 2. The second-order valence-corrected chi connectivity index (χ2v) is 4.42. The van der Waals surface area contributed by atoms with Gasteiger partial charge in [0.2, 0.25) is 0 Å². The smallest absolute Gasteiger partial charge is 0.129 e. The van der Waals surface area contributed by atoms with Crippen molar-refractivity contribution in [1.29, 1.82) is 0 Å². The van der Waals surface area contributed by atoms with Gasteiger partial charge >= 0.3 is 0 Å². The number of rotatable bonds is 5. The van der Waals surface area contributed by atoms with Crippen molar-refractivity contribution in [2.75, 3.05) is 11.2 Å². The molecule has 0 aliphatic rings. The molecular formula is C11H18ClN3. The van der Waals surface area contributed by atoms with Crippen molar-refractivity contribution >= 4 is 17.4 Å². The largest absolute Gasteiger partial charge is 0.366 e. The molecule has 1 rings (SSSR count). The molecule has 0 amide bonds. The molecule has 15 heavy (non-hydrogen) atoms. The zero-order chi connectivity index (χ0) is 11.3. The fourth-order valence-corrected chi connectivity index (χ4v) is 1.68. The molecule has 0 aromatic carbocycles. The number of anilines is 1. The molecule has 1 N–H and O–H groups in total. The van der Waals surface area contributed by atoms with E-state index in [2.05, 4.69) is 29.1 Å². The average molecular weight is 228 g/mol. The summed E-state index contributed by atoms with van der Waals surface area (Å²) < 4.78 is 0. The fraction of sp³-hybridized carbons (Fsp3) is 0.636. The molecule has 0 aliphatic heterocycles. The van der Waals surface area contributed by atoms with E-state index < -0.39 is 0 Å². The van der Waals surface area contributed by atoms with Crippen LogP contribution in [0, 0.1) is 12.8 Å². The van der Waals surface area contributed by atoms with Gasteiger partial charge < -0.3 is 5.32 Å². The Labute approximate surface area is 96.3 Å². The van der Waals surface area contributed by atoms with Gasteiger partial charge in [-0.15, -0.1) is 11.6 Å². The Kier molecular flexibility index (Phi) is 4.82. The van der Waals surface area contributed by atoms with Gasteiger partial charge in [-0.05, 0) is 25.3 Å². The van der Waals surface area contributed by atoms with Crippen LogP contribution in [0.4, 0.5) is 5.82 Å². The normalized spacial score (nSPS) is 12.9. The van der Waals surface area contributed by atoms with E-state index >= 15 is 0 Å². The number of alkyl halides is 1. The van der Waals surface area contributed by atoms with Crippen molar-refractivity contribution in [3.63, 3.8) is 0 Å². The molecule has 1 aromatic rings. The van der Waals surface area contributed by atoms with Gasteiger partial charge in [-0.25, -0.2) is 9.97 Å². The predicted molar refractivity (Wildman–Crippen MR) is 64.4 cm³/mol. The highest BCUT2D eigenvalue weighted by molar-refractivity contribution is 6.18. The third-order valence-corrected chi connectivity index (χ3v) is 2.44. The topological polar surface area (TPSA) is 37.8 Å². The molecule has 4 heteroatoms. The molecule has 0 saturated heterocycles. The Morgan fingerprint density at radius 3 is 2.73 bits per heavy atom. The predicted octanol–water partition coefficient (Wildman–Crippen LogP) is 2.85. The maximum atomic E-state index is 5.90. The molecule has 1 heterocycles. The summed E-state index contributed by atoms with van der Waals surface area (Å²) in [6.07, 6.45) is 2.80. The van der Waals surface area contributed by atoms with Crippen LogP contribution in [0.25, 0.3) is 0 Å². The molecule has 1 atom stereocenters. The summed E-state index contributed by atoms with van der Waals surface area (Å²) in [5.41, 5.74) is 0. The summed E-state index contributed by atoms with van der Waals surface area (Å²) in [5.74, 6) is 2.86. The van der Waals surface area contributed by atoms with Crippen molar-refractivity contribution < 1.29 is 0 Å². The molecule has 0 aliphatic carbocycles. The number of aryl methyl sites for hydroxylation is 1. The molecule has 0 fully saturated rings. The lowest BCUT2D eigenvalue weighted by molar-refractivity contribution is 0.541. The van der Waals surface area contributed by atoms with E-state index in [1.165, 1.54) is 0 Å². The van der Waals surface area contributed by atoms with Gasteiger partial charge in [-0.3, -0.25) is 0 Å². The lowest BCUT2D eigenvalue weighted by atomic mass is 10.1. The second kappa shape index (κ2) is 5.91. The van der Waals surface area contributed by atoms with Crippen molar-refractivity contribution in [2.45, 2.75) is 33.2 Å². The third kappa shape index (κ3) is 4.47. The number of hydrogen-bond donors (Lipinski definition) is 1. The SMILES string of the molecule is Cc1nccc(NC(CCl)CC(C)C)n1. The monoisotopic (exact) mass is 227 g/mol. The average Bonchev–Trinajstić information content (AvgIpc) is 2.16. The fourth-order valence-electron chi connectivity index (χ4n) is 1.48. The van der Waals surface area contributed by atoms with E-state index in [0.717, 1.165) is 18.1 Å². The van der Waals surface area contributed by atoms with Crippen LogP contribution in [-0.2, 0) is 0 Å². The summed E-state index contributed by atoms with van der Waals surface area (Å²) in [7, 11) is 0. The summed E-state index contributed by atoms with van der Waals surface area (Å²) in [6.45, 7) is 6.25. The van der Waals surface area contributed by atoms with Crippen LogP contribution in [0.2, 0.25) is 0 Å². The van der Waals surface area contributed by atoms with Crippen molar-refractivity contribution in [3.05, 3.63) is 18.1 Å². The number of halogens is 1. The first kappa shape index (κ1) is 12.2. The maximum absolute atomic E-state index is 5.90. The Balaban J connectivity index is 2.58. The molecule has 0 bridgehead atoms. The quantitative estimate of drug-likeness (QED) is 0.787.